The monoisotopic (exact) mass is 1660 g/mol. The number of nitrogens with one attached hydrogen (secondary N) is 1. The van der Waals surface area contributed by atoms with Gasteiger partial charge in [-0.25, -0.2) is 9.59 Å². The molecule has 6 amide bonds. The molecular weight excluding hydrogens is 1530 g/mol. The predicted molar refractivity (Wildman–Crippen MR) is 471 cm³/mol. The topological polar surface area (TPSA) is 285 Å². The second-order valence-electron chi connectivity index (χ2n) is 34.0. The number of carbonyl (C=O) groups excluding carboxylic acids is 6. The van der Waals surface area contributed by atoms with Gasteiger partial charge < -0.3 is 83.0 Å². The fourth-order valence-corrected chi connectivity index (χ4v) is 15.5. The summed E-state index contributed by atoms with van der Waals surface area (Å²) in [5.74, 6) is 2.41. The molecule has 14 rings (SSSR count). The van der Waals surface area contributed by atoms with Crippen molar-refractivity contribution in [2.75, 3.05) is 91.6 Å². The summed E-state index contributed by atoms with van der Waals surface area (Å²) in [5, 5.41) is 33.7. The van der Waals surface area contributed by atoms with E-state index in [9.17, 15) is 44.1 Å². The maximum Gasteiger partial charge on any atom is 0.496 e. The van der Waals surface area contributed by atoms with Crippen molar-refractivity contribution in [1.82, 2.24) is 44.7 Å². The standard InChI is InChI=1S/C28H34N2O5.C27H33N3O5.C23H26N2O3.C16H25BN2O3.CH4/c1-6-29(7-2)25(32)20-10-8-19(9-11-20)23-17-28(34-24-13-12-21(31)16-22(23)24)14-15-30(18-28)26(33)35-27(3,4)5;1-6-29(7-2)24(32)22-10-8-18(16-28-22)21-15-27(34-23-11-9-19(31)14-20(21)23)12-13-30(17-27)25(33)35-26(3,4)5;1-3-25(4-2)22(27)17-7-5-16(6-8-17)20-14-23(11-12-24-15-23)28-21-10-9-18(26)13-19(20)21;1-7-19(8-2)14(20)13-10-9-12(11-18-13)17-21-15(3,4)16(5,6)22-17;/h8-13,16-17,31H,6-7,14-15,18H2,1-5H3;8-11,14-16,31H,6-7,12-13,17H2,1-5H3;5-10,13-14,24,26H,3-4,11-12,15H2,1-2H3;9-11H,7-8H2,1-6H3;1H4. The molecule has 3 unspecified atom stereocenters. The third-order valence-electron chi connectivity index (χ3n) is 22.8. The quantitative estimate of drug-likeness (QED) is 0.0654. The van der Waals surface area contributed by atoms with Crippen LogP contribution in [-0.2, 0) is 18.8 Å². The van der Waals surface area contributed by atoms with Crippen molar-refractivity contribution in [2.45, 2.75) is 191 Å². The Morgan fingerprint density at radius 1 is 0.446 bits per heavy atom. The summed E-state index contributed by atoms with van der Waals surface area (Å²) >= 11 is 0. The second kappa shape index (κ2) is 37.8. The molecule has 7 aromatic rings. The molecule has 26 heteroatoms. The maximum atomic E-state index is 12.7. The molecule has 0 bridgehead atoms. The van der Waals surface area contributed by atoms with E-state index >= 15 is 0 Å². The summed E-state index contributed by atoms with van der Waals surface area (Å²) in [4.78, 5) is 94.8. The first-order valence-corrected chi connectivity index (χ1v) is 41.9. The minimum atomic E-state index is -0.730. The van der Waals surface area contributed by atoms with Crippen molar-refractivity contribution in [3.63, 3.8) is 0 Å². The molecule has 7 aliphatic rings. The van der Waals surface area contributed by atoms with Gasteiger partial charge in [0.05, 0.1) is 24.3 Å². The first-order valence-electron chi connectivity index (χ1n) is 41.9. The summed E-state index contributed by atoms with van der Waals surface area (Å²) in [6.07, 6.45) is 10.9. The Kier molecular flexibility index (Phi) is 28.8. The Morgan fingerprint density at radius 2 is 0.785 bits per heavy atom. The number of aromatic nitrogens is 2. The van der Waals surface area contributed by atoms with E-state index in [0.29, 0.717) is 125 Å². The number of nitrogens with zero attached hydrogens (tertiary/aromatic N) is 8. The van der Waals surface area contributed by atoms with E-state index in [2.05, 4.69) is 21.4 Å². The highest BCUT2D eigenvalue weighted by Gasteiger charge is 2.52. The molecule has 5 aromatic carbocycles. The van der Waals surface area contributed by atoms with E-state index in [0.717, 1.165) is 80.8 Å². The summed E-state index contributed by atoms with van der Waals surface area (Å²) in [5.41, 5.74) is 7.12. The number of aromatic hydroxyl groups is 3. The van der Waals surface area contributed by atoms with Crippen LogP contribution in [0.25, 0.3) is 16.7 Å². The number of benzene rings is 5. The first-order chi connectivity index (χ1) is 56.8. The zero-order valence-electron chi connectivity index (χ0n) is 72.8. The van der Waals surface area contributed by atoms with Crippen molar-refractivity contribution in [3.05, 3.63) is 214 Å². The Balaban J connectivity index is 0.000000171. The van der Waals surface area contributed by atoms with Crippen LogP contribution in [0.15, 0.2) is 158 Å². The molecule has 4 fully saturated rings. The number of pyridine rings is 2. The van der Waals surface area contributed by atoms with Gasteiger partial charge >= 0.3 is 19.3 Å². The van der Waals surface area contributed by atoms with Crippen LogP contribution < -0.4 is 25.0 Å². The van der Waals surface area contributed by atoms with Gasteiger partial charge in [0.25, 0.3) is 23.6 Å². The van der Waals surface area contributed by atoms with Crippen LogP contribution in [0, 0.1) is 0 Å². The highest BCUT2D eigenvalue weighted by molar-refractivity contribution is 6.62. The number of phenols is 3. The smallest absolute Gasteiger partial charge is 0.496 e. The molecule has 646 valence electrons. The van der Waals surface area contributed by atoms with Gasteiger partial charge in [0, 0.05) is 142 Å². The number of hydrogen-bond donors (Lipinski definition) is 4. The lowest BCUT2D eigenvalue weighted by Crippen LogP contribution is -2.42. The molecule has 121 heavy (non-hydrogen) atoms. The highest BCUT2D eigenvalue weighted by atomic mass is 16.7. The number of ether oxygens (including phenoxy) is 5. The molecule has 9 heterocycles. The Hall–Kier alpha value is -11.2. The number of fused-ring (bicyclic) bond motifs is 3. The first kappa shape index (κ1) is 92.1. The summed E-state index contributed by atoms with van der Waals surface area (Å²) in [6.45, 7) is 43.5. The molecule has 0 saturated carbocycles. The molecular formula is C95H122BN9O16. The van der Waals surface area contributed by atoms with Crippen molar-refractivity contribution >= 4 is 65.1 Å². The Bertz CT molecular complexity index is 4760. The van der Waals surface area contributed by atoms with E-state index in [4.69, 9.17) is 33.0 Å². The summed E-state index contributed by atoms with van der Waals surface area (Å²) in [7, 11) is -0.449. The zero-order chi connectivity index (χ0) is 87.0. The second-order valence-corrected chi connectivity index (χ2v) is 34.0. The SMILES string of the molecule is C.CCN(CC)C(=O)c1ccc(B2OC(C)(C)C(C)(C)O2)cn1.CCN(CC)C(=O)c1ccc(C2=CC3(CCN(C(=O)OC(C)(C)C)C3)Oc3ccc(O)cc32)cc1.CCN(CC)C(=O)c1ccc(C2=CC3(CCN(C(=O)OC(C)(C)C)C3)Oc3ccc(O)cc32)cn1.CCN(CC)C(=O)c1ccc(C2=CC3(CCNC3)Oc3ccc(O)cc32)cc1. The van der Waals surface area contributed by atoms with Gasteiger partial charge in [-0.1, -0.05) is 43.8 Å². The molecule has 25 nitrogen and oxygen atoms in total. The highest BCUT2D eigenvalue weighted by Crippen LogP contribution is 2.48. The number of hydrogen-bond acceptors (Lipinski definition) is 19. The maximum absolute atomic E-state index is 12.7. The lowest BCUT2D eigenvalue weighted by molar-refractivity contribution is 0.00578. The number of rotatable bonds is 16. The van der Waals surface area contributed by atoms with E-state index in [1.54, 1.807) is 97.6 Å². The van der Waals surface area contributed by atoms with Crippen molar-refractivity contribution in [2.24, 2.45) is 0 Å². The number of carbonyl (C=O) groups is 6. The molecule has 7 aliphatic heterocycles. The lowest BCUT2D eigenvalue weighted by Gasteiger charge is -2.34. The molecule has 0 radical (unpaired) electrons. The van der Waals surface area contributed by atoms with Crippen LogP contribution in [0.2, 0.25) is 0 Å². The minimum Gasteiger partial charge on any atom is -0.508 e. The minimum absolute atomic E-state index is 0. The number of phenolic OH excluding ortho intramolecular Hbond substituents is 3. The van der Waals surface area contributed by atoms with Crippen LogP contribution in [0.5, 0.6) is 34.5 Å². The van der Waals surface area contributed by atoms with Gasteiger partial charge in [0.2, 0.25) is 0 Å². The van der Waals surface area contributed by atoms with Crippen molar-refractivity contribution in [1.29, 1.82) is 0 Å². The largest absolute Gasteiger partial charge is 0.508 e. The number of likely N-dealkylation sites (tertiary alicyclic amines) is 2. The molecule has 0 aliphatic carbocycles. The zero-order valence-corrected chi connectivity index (χ0v) is 72.8. The number of amides is 6. The molecule has 2 aromatic heterocycles. The third kappa shape index (κ3) is 21.2. The van der Waals surface area contributed by atoms with Gasteiger partial charge in [-0.05, 0) is 268 Å². The normalized spacial score (nSPS) is 19.3. The van der Waals surface area contributed by atoms with Gasteiger partial charge in [-0.2, -0.15) is 0 Å². The van der Waals surface area contributed by atoms with E-state index < -0.39 is 29.5 Å². The van der Waals surface area contributed by atoms with Crippen LogP contribution in [-0.4, -0.2) is 228 Å². The van der Waals surface area contributed by atoms with Crippen LogP contribution in [0.3, 0.4) is 0 Å². The lowest BCUT2D eigenvalue weighted by atomic mass is 9.80. The Labute approximate surface area is 713 Å². The molecule has 3 atom stereocenters. The van der Waals surface area contributed by atoms with Gasteiger partial charge in [0.15, 0.2) is 0 Å². The molecule has 4 N–H and O–H groups in total. The van der Waals surface area contributed by atoms with Crippen LogP contribution >= 0.6 is 0 Å². The van der Waals surface area contributed by atoms with Gasteiger partial charge in [-0.3, -0.25) is 29.1 Å². The summed E-state index contributed by atoms with van der Waals surface area (Å²) < 4.78 is 42.2. The van der Waals surface area contributed by atoms with E-state index in [-0.39, 0.29) is 77.3 Å². The molecule has 3 spiro atoms. The fraction of sp³-hybridized carbons (Fsp3) is 0.453. The Morgan fingerprint density at radius 3 is 1.12 bits per heavy atom. The summed E-state index contributed by atoms with van der Waals surface area (Å²) in [6, 6.07) is 37.7. The third-order valence-corrected chi connectivity index (χ3v) is 22.8. The van der Waals surface area contributed by atoms with E-state index in [1.807, 2.05) is 208 Å². The van der Waals surface area contributed by atoms with Crippen LogP contribution in [0.4, 0.5) is 9.59 Å². The van der Waals surface area contributed by atoms with Crippen molar-refractivity contribution < 1.29 is 77.1 Å². The van der Waals surface area contributed by atoms with Gasteiger partial charge in [0.1, 0.15) is 73.9 Å². The molecule has 4 saturated heterocycles. The average Bonchev–Trinajstić information content (AvgIpc) is 1.71. The van der Waals surface area contributed by atoms with E-state index in [1.165, 1.54) is 0 Å². The van der Waals surface area contributed by atoms with Crippen molar-refractivity contribution in [3.8, 4) is 34.5 Å². The predicted octanol–water partition coefficient (Wildman–Crippen LogP) is 15.5. The average molecular weight is 1660 g/mol. The van der Waals surface area contributed by atoms with Crippen LogP contribution in [0.1, 0.15) is 226 Å². The van der Waals surface area contributed by atoms with Gasteiger partial charge in [-0.15, -0.1) is 0 Å². The fourth-order valence-electron chi connectivity index (χ4n) is 15.5.